The molecule has 2 aromatic carbocycles. The van der Waals surface area contributed by atoms with E-state index in [-0.39, 0.29) is 36.9 Å². The predicted molar refractivity (Wildman–Crippen MR) is 271 cm³/mol. The first kappa shape index (κ1) is 50.1. The number of carbonyl (C=O) groups is 4. The number of piperazine rings is 1. The first-order chi connectivity index (χ1) is 33.1. The highest BCUT2D eigenvalue weighted by atomic mass is 35.5. The SMILES string of the molecule is CNc1nc(Nc2ccc(C(=O)N3CCN(CC4CCC(CSC(C)(C)[C@H](NC(=O)C5(F)CC5)C(=O)N5CCC=C5C(=O)NCc5ccc(-c6scnc6C)cc5)CC4)CC3)cc2OC)ncc1Cl. The van der Waals surface area contributed by atoms with Crippen molar-refractivity contribution >= 4 is 75.8 Å². The number of aromatic nitrogens is 3. The fourth-order valence-electron chi connectivity index (χ4n) is 9.25. The van der Waals surface area contributed by atoms with Crippen LogP contribution in [0.5, 0.6) is 5.75 Å². The lowest BCUT2D eigenvalue weighted by atomic mass is 9.82. The topological polar surface area (TPSA) is 174 Å². The van der Waals surface area contributed by atoms with E-state index in [9.17, 15) is 19.2 Å². The molecule has 4 aromatic rings. The van der Waals surface area contributed by atoms with Crippen LogP contribution in [0.25, 0.3) is 10.4 Å². The number of carbonyl (C=O) groups excluding carboxylic acids is 4. The number of methoxy groups -OCH3 is 1. The Kier molecular flexibility index (Phi) is 15.8. The first-order valence-corrected chi connectivity index (χ1v) is 26.0. The molecule has 2 aliphatic carbocycles. The zero-order chi connectivity index (χ0) is 48.9. The van der Waals surface area contributed by atoms with Crippen molar-refractivity contribution in [3.05, 3.63) is 87.8 Å². The summed E-state index contributed by atoms with van der Waals surface area (Å²) in [5.41, 5.74) is 4.23. The van der Waals surface area contributed by atoms with Crippen LogP contribution in [0.1, 0.15) is 80.4 Å². The van der Waals surface area contributed by atoms with Crippen LogP contribution in [0.4, 0.5) is 21.8 Å². The maximum Gasteiger partial charge on any atom is 0.267 e. The van der Waals surface area contributed by atoms with Crippen molar-refractivity contribution in [3.8, 4) is 16.2 Å². The van der Waals surface area contributed by atoms with E-state index in [0.29, 0.717) is 71.7 Å². The monoisotopic (exact) mass is 1000 g/mol. The molecule has 3 fully saturated rings. The van der Waals surface area contributed by atoms with Crippen LogP contribution in [0.15, 0.2) is 65.9 Å². The average Bonchev–Trinajstić information content (AvgIpc) is 3.68. The number of halogens is 2. The van der Waals surface area contributed by atoms with Gasteiger partial charge in [-0.1, -0.05) is 41.9 Å². The zero-order valence-corrected chi connectivity index (χ0v) is 42.3. The molecule has 15 nitrogen and oxygen atoms in total. The zero-order valence-electron chi connectivity index (χ0n) is 39.9. The minimum Gasteiger partial charge on any atom is -0.495 e. The number of ether oxygens (including phenoxy) is 1. The Morgan fingerprint density at radius 2 is 1.72 bits per heavy atom. The highest BCUT2D eigenvalue weighted by Crippen LogP contribution is 2.42. The Hall–Kier alpha value is -5.30. The molecular formula is C50H62ClFN10O5S2. The van der Waals surface area contributed by atoms with Gasteiger partial charge in [0.25, 0.3) is 23.6 Å². The first-order valence-electron chi connectivity index (χ1n) is 23.7. The number of aryl methyl sites for hydroxylation is 1. The summed E-state index contributed by atoms with van der Waals surface area (Å²) >= 11 is 9.36. The van der Waals surface area contributed by atoms with Gasteiger partial charge in [0.05, 0.1) is 35.1 Å². The summed E-state index contributed by atoms with van der Waals surface area (Å²) in [6, 6.07) is 12.2. The highest BCUT2D eigenvalue weighted by Gasteiger charge is 2.53. The van der Waals surface area contributed by atoms with Gasteiger partial charge >= 0.3 is 0 Å². The summed E-state index contributed by atoms with van der Waals surface area (Å²) in [5.74, 6) is 1.52. The van der Waals surface area contributed by atoms with Gasteiger partial charge in [-0.3, -0.25) is 24.1 Å². The Balaban J connectivity index is 0.799. The number of rotatable bonds is 18. The molecule has 0 unspecified atom stereocenters. The highest BCUT2D eigenvalue weighted by molar-refractivity contribution is 8.00. The summed E-state index contributed by atoms with van der Waals surface area (Å²) < 4.78 is 20.0. The lowest BCUT2D eigenvalue weighted by molar-refractivity contribution is -0.138. The molecule has 2 saturated carbocycles. The standard InChI is InChI=1S/C50H62ClFN10O5S2/c1-31-41(68-30-56-31)35-14-12-32(13-15-35)26-54-44(63)39-7-6-20-62(39)46(65)42(58-47(66)50(52)18-19-50)49(2,3)69-29-34-10-8-33(9-11-34)28-60-21-23-61(24-22-60)45(64)36-16-17-38(40(25-36)67-5)57-48-55-27-37(51)43(53-4)59-48/h7,12-17,25,27,30,33-34,42H,6,8-11,18-24,26,28-29H2,1-5H3,(H,54,63)(H,58,66)(H2,53,55,57,59)/t33?,34?,42-/m1/s1. The number of hydrogen-bond donors (Lipinski definition) is 4. The number of thiazole rings is 1. The number of hydrogen-bond acceptors (Lipinski definition) is 13. The van der Waals surface area contributed by atoms with E-state index in [4.69, 9.17) is 16.3 Å². The van der Waals surface area contributed by atoms with Crippen LogP contribution in [-0.2, 0) is 20.9 Å². The van der Waals surface area contributed by atoms with Gasteiger partial charge in [-0.25, -0.2) is 14.4 Å². The van der Waals surface area contributed by atoms with Gasteiger partial charge in [-0.05, 0) is 113 Å². The molecule has 4 heterocycles. The van der Waals surface area contributed by atoms with E-state index in [1.807, 2.05) is 55.4 Å². The third-order valence-electron chi connectivity index (χ3n) is 13.7. The van der Waals surface area contributed by atoms with Crippen molar-refractivity contribution in [1.82, 2.24) is 40.3 Å². The van der Waals surface area contributed by atoms with Gasteiger partial charge in [0, 0.05) is 63.2 Å². The molecule has 2 aromatic heterocycles. The molecule has 69 heavy (non-hydrogen) atoms. The Morgan fingerprint density at radius 3 is 2.39 bits per heavy atom. The number of nitrogens with zero attached hydrogens (tertiary/aromatic N) is 6. The molecule has 19 heteroatoms. The van der Waals surface area contributed by atoms with Crippen molar-refractivity contribution in [2.45, 2.75) is 88.7 Å². The second-order valence-corrected chi connectivity index (χ2v) is 21.9. The van der Waals surface area contributed by atoms with Crippen LogP contribution in [0, 0.1) is 18.8 Å². The van der Waals surface area contributed by atoms with Crippen LogP contribution in [-0.4, -0.2) is 129 Å². The van der Waals surface area contributed by atoms with E-state index >= 15 is 4.39 Å². The van der Waals surface area contributed by atoms with Crippen LogP contribution < -0.4 is 26.0 Å². The molecule has 0 radical (unpaired) electrons. The van der Waals surface area contributed by atoms with Gasteiger partial charge in [0.15, 0.2) is 5.67 Å². The van der Waals surface area contributed by atoms with Crippen LogP contribution in [0.3, 0.4) is 0 Å². The Bertz CT molecular complexity index is 2540. The summed E-state index contributed by atoms with van der Waals surface area (Å²) in [5, 5.41) is 12.3. The van der Waals surface area contributed by atoms with E-state index < -0.39 is 28.3 Å². The molecule has 4 aliphatic rings. The Morgan fingerprint density at radius 1 is 1.00 bits per heavy atom. The van der Waals surface area contributed by atoms with Crippen molar-refractivity contribution < 1.29 is 28.3 Å². The van der Waals surface area contributed by atoms with E-state index in [2.05, 4.69) is 41.1 Å². The van der Waals surface area contributed by atoms with E-state index in [1.54, 1.807) is 61.5 Å². The fourth-order valence-corrected chi connectivity index (χ4v) is 11.6. The predicted octanol–water partition coefficient (Wildman–Crippen LogP) is 7.85. The van der Waals surface area contributed by atoms with E-state index in [0.717, 1.165) is 72.8 Å². The molecule has 1 atom stereocenters. The number of benzene rings is 2. The number of alkyl halides is 1. The van der Waals surface area contributed by atoms with Gasteiger partial charge in [0.2, 0.25) is 5.95 Å². The number of amides is 4. The molecule has 8 rings (SSSR count). The maximum absolute atomic E-state index is 15.1. The average molecular weight is 1000 g/mol. The number of anilines is 3. The van der Waals surface area contributed by atoms with Gasteiger partial charge < -0.3 is 35.8 Å². The van der Waals surface area contributed by atoms with Crippen molar-refractivity contribution in [2.75, 3.05) is 69.8 Å². The maximum atomic E-state index is 15.1. The van der Waals surface area contributed by atoms with Gasteiger partial charge in [-0.15, -0.1) is 11.3 Å². The molecule has 0 spiro atoms. The smallest absolute Gasteiger partial charge is 0.267 e. The fraction of sp³-hybridized carbons (Fsp3) is 0.500. The molecule has 2 aliphatic heterocycles. The summed E-state index contributed by atoms with van der Waals surface area (Å²) in [7, 11) is 3.28. The summed E-state index contributed by atoms with van der Waals surface area (Å²) in [6.45, 7) is 10.3. The largest absolute Gasteiger partial charge is 0.495 e. The minimum absolute atomic E-state index is 0.0417. The number of nitrogens with one attached hydrogen (secondary N) is 4. The summed E-state index contributed by atoms with van der Waals surface area (Å²) in [6.07, 6.45) is 8.30. The van der Waals surface area contributed by atoms with Crippen molar-refractivity contribution in [3.63, 3.8) is 0 Å². The normalized spacial score (nSPS) is 19.6. The molecule has 4 amide bonds. The third kappa shape index (κ3) is 12.0. The van der Waals surface area contributed by atoms with Gasteiger partial charge in [0.1, 0.15) is 28.3 Å². The second-order valence-electron chi connectivity index (χ2n) is 19.0. The van der Waals surface area contributed by atoms with Crippen molar-refractivity contribution in [2.24, 2.45) is 11.8 Å². The third-order valence-corrected chi connectivity index (χ3v) is 16.6. The molecular weight excluding hydrogens is 939 g/mol. The van der Waals surface area contributed by atoms with Crippen molar-refractivity contribution in [1.29, 1.82) is 0 Å². The van der Waals surface area contributed by atoms with Crippen LogP contribution >= 0.6 is 34.7 Å². The Labute approximate surface area is 416 Å². The van der Waals surface area contributed by atoms with Gasteiger partial charge in [-0.2, -0.15) is 16.7 Å². The minimum atomic E-state index is -1.96. The van der Waals surface area contributed by atoms with Crippen LogP contribution in [0.2, 0.25) is 5.02 Å². The summed E-state index contributed by atoms with van der Waals surface area (Å²) in [4.78, 5) is 74.8. The molecule has 4 N–H and O–H groups in total. The second kappa shape index (κ2) is 21.8. The molecule has 368 valence electrons. The lowest BCUT2D eigenvalue weighted by Crippen LogP contribution is -2.59. The molecule has 0 bridgehead atoms. The lowest BCUT2D eigenvalue weighted by Gasteiger charge is -2.39. The van der Waals surface area contributed by atoms with E-state index in [1.165, 1.54) is 11.1 Å². The number of thioether (sulfide) groups is 1. The molecule has 1 saturated heterocycles. The quantitative estimate of drug-likeness (QED) is 0.0762.